The number of hydrogen-bond acceptors (Lipinski definition) is 5. The summed E-state index contributed by atoms with van der Waals surface area (Å²) >= 11 is 0. The summed E-state index contributed by atoms with van der Waals surface area (Å²) in [6, 6.07) is 3.55. The van der Waals surface area contributed by atoms with Gasteiger partial charge in [-0.1, -0.05) is 12.2 Å². The first-order valence-corrected chi connectivity index (χ1v) is 8.06. The quantitative estimate of drug-likeness (QED) is 0.384. The summed E-state index contributed by atoms with van der Waals surface area (Å²) in [6.45, 7) is -0.377. The van der Waals surface area contributed by atoms with Crippen molar-refractivity contribution in [2.24, 2.45) is 11.8 Å². The van der Waals surface area contributed by atoms with Crippen molar-refractivity contribution < 1.29 is 19.3 Å². The number of amides is 3. The van der Waals surface area contributed by atoms with E-state index < -0.39 is 22.6 Å². The van der Waals surface area contributed by atoms with Gasteiger partial charge in [0, 0.05) is 18.2 Å². The van der Waals surface area contributed by atoms with E-state index in [1.165, 1.54) is 12.1 Å². The van der Waals surface area contributed by atoms with Gasteiger partial charge >= 0.3 is 0 Å². The van der Waals surface area contributed by atoms with Crippen molar-refractivity contribution in [1.29, 1.82) is 0 Å². The van der Waals surface area contributed by atoms with Crippen LogP contribution < -0.4 is 5.32 Å². The highest BCUT2D eigenvalue weighted by molar-refractivity contribution is 6.22. The number of nitro benzene ring substituents is 1. The maximum Gasteiger partial charge on any atom is 0.270 e. The van der Waals surface area contributed by atoms with Crippen molar-refractivity contribution in [3.8, 4) is 0 Å². The third-order valence-corrected chi connectivity index (χ3v) is 5.09. The lowest BCUT2D eigenvalue weighted by Crippen LogP contribution is -2.45. The molecule has 0 aromatic heterocycles. The van der Waals surface area contributed by atoms with Crippen LogP contribution in [0, 0.1) is 22.0 Å². The summed E-state index contributed by atoms with van der Waals surface area (Å²) in [5.74, 6) is -0.853. The van der Waals surface area contributed by atoms with Crippen molar-refractivity contribution in [1.82, 2.24) is 10.2 Å². The summed E-state index contributed by atoms with van der Waals surface area (Å²) in [6.07, 6.45) is 6.16. The molecule has 0 saturated heterocycles. The Hall–Kier alpha value is -3.03. The Morgan fingerprint density at radius 1 is 1.20 bits per heavy atom. The second-order valence-corrected chi connectivity index (χ2v) is 6.64. The predicted molar refractivity (Wildman–Crippen MR) is 85.7 cm³/mol. The lowest BCUT2D eigenvalue weighted by molar-refractivity contribution is -0.384. The normalized spacial score (nSPS) is 26.2. The molecule has 1 aliphatic heterocycles. The number of nitrogens with one attached hydrogen (secondary N) is 1. The molecule has 2 bridgehead atoms. The fourth-order valence-electron chi connectivity index (χ4n) is 3.88. The molecule has 4 rings (SSSR count). The van der Waals surface area contributed by atoms with E-state index in [9.17, 15) is 24.5 Å². The standard InChI is InChI=1S/C17H15N3O5/c21-15(18-14-6-9-1-2-10(14)5-9)8-19-16(22)12-4-3-11(20(24)25)7-13(12)17(19)23/h1-4,7,9-10,14H,5-6,8H2,(H,18,21). The molecule has 128 valence electrons. The first-order chi connectivity index (χ1) is 11.9. The fourth-order valence-corrected chi connectivity index (χ4v) is 3.88. The number of hydrogen-bond donors (Lipinski definition) is 1. The van der Waals surface area contributed by atoms with Crippen molar-refractivity contribution in [2.75, 3.05) is 6.54 Å². The van der Waals surface area contributed by atoms with Gasteiger partial charge in [0.2, 0.25) is 5.91 Å². The van der Waals surface area contributed by atoms with Crippen LogP contribution in [0.25, 0.3) is 0 Å². The van der Waals surface area contributed by atoms with Crippen molar-refractivity contribution >= 4 is 23.4 Å². The molecule has 8 nitrogen and oxygen atoms in total. The number of fused-ring (bicyclic) bond motifs is 3. The molecule has 1 saturated carbocycles. The summed E-state index contributed by atoms with van der Waals surface area (Å²) in [4.78, 5) is 48.0. The molecule has 25 heavy (non-hydrogen) atoms. The maximum atomic E-state index is 12.4. The molecule has 8 heteroatoms. The number of imide groups is 1. The molecular weight excluding hydrogens is 326 g/mol. The Morgan fingerprint density at radius 2 is 1.96 bits per heavy atom. The predicted octanol–water partition coefficient (Wildman–Crippen LogP) is 1.27. The van der Waals surface area contributed by atoms with E-state index in [-0.39, 0.29) is 29.4 Å². The minimum Gasteiger partial charge on any atom is -0.351 e. The van der Waals surface area contributed by atoms with Gasteiger partial charge in [0.25, 0.3) is 17.5 Å². The lowest BCUT2D eigenvalue weighted by Gasteiger charge is -2.21. The second kappa shape index (κ2) is 5.51. The van der Waals surface area contributed by atoms with Gasteiger partial charge in [-0.25, -0.2) is 0 Å². The van der Waals surface area contributed by atoms with Gasteiger partial charge in [-0.15, -0.1) is 0 Å². The van der Waals surface area contributed by atoms with Crippen LogP contribution in [0.4, 0.5) is 5.69 Å². The third kappa shape index (κ3) is 2.50. The van der Waals surface area contributed by atoms with E-state index in [0.717, 1.165) is 23.8 Å². The minimum atomic E-state index is -0.674. The number of carbonyl (C=O) groups is 3. The zero-order valence-electron chi connectivity index (χ0n) is 13.2. The molecule has 0 spiro atoms. The molecular formula is C17H15N3O5. The van der Waals surface area contributed by atoms with E-state index in [2.05, 4.69) is 17.5 Å². The summed E-state index contributed by atoms with van der Waals surface area (Å²) < 4.78 is 0. The van der Waals surface area contributed by atoms with E-state index in [4.69, 9.17) is 0 Å². The van der Waals surface area contributed by atoms with Crippen molar-refractivity contribution in [3.05, 3.63) is 51.6 Å². The van der Waals surface area contributed by atoms with Gasteiger partial charge in [0.15, 0.2) is 0 Å². The number of nitrogens with zero attached hydrogens (tertiary/aromatic N) is 2. The average molecular weight is 341 g/mol. The Morgan fingerprint density at radius 3 is 2.60 bits per heavy atom. The smallest absolute Gasteiger partial charge is 0.270 e. The van der Waals surface area contributed by atoms with E-state index in [1.807, 2.05) is 0 Å². The highest BCUT2D eigenvalue weighted by atomic mass is 16.6. The molecule has 2 aliphatic carbocycles. The minimum absolute atomic E-state index is 0.0325. The lowest BCUT2D eigenvalue weighted by atomic mass is 10.0. The summed E-state index contributed by atoms with van der Waals surface area (Å²) in [5, 5.41) is 13.7. The van der Waals surface area contributed by atoms with Gasteiger partial charge in [-0.2, -0.15) is 0 Å². The average Bonchev–Trinajstić information content (AvgIpc) is 3.25. The Bertz CT molecular complexity index is 847. The van der Waals surface area contributed by atoms with Crippen LogP contribution in [-0.4, -0.2) is 40.1 Å². The summed E-state index contributed by atoms with van der Waals surface area (Å²) in [5.41, 5.74) is -0.207. The van der Waals surface area contributed by atoms with Gasteiger partial charge in [0.1, 0.15) is 6.54 Å². The zero-order chi connectivity index (χ0) is 17.7. The Balaban J connectivity index is 1.47. The SMILES string of the molecule is O=C(CN1C(=O)c2ccc([N+](=O)[O-])cc2C1=O)NC1CC2C=CC1C2. The van der Waals surface area contributed by atoms with Crippen LogP contribution >= 0.6 is 0 Å². The molecule has 3 aliphatic rings. The van der Waals surface area contributed by atoms with Crippen LogP contribution in [0.2, 0.25) is 0 Å². The first-order valence-electron chi connectivity index (χ1n) is 8.06. The number of rotatable bonds is 4. The fraction of sp³-hybridized carbons (Fsp3) is 0.353. The van der Waals surface area contributed by atoms with Crippen LogP contribution in [-0.2, 0) is 4.79 Å². The highest BCUT2D eigenvalue weighted by Crippen LogP contribution is 2.39. The van der Waals surface area contributed by atoms with Gasteiger partial charge in [-0.05, 0) is 30.7 Å². The number of benzene rings is 1. The Labute approximate surface area is 142 Å². The molecule has 0 radical (unpaired) electrons. The zero-order valence-corrected chi connectivity index (χ0v) is 13.2. The van der Waals surface area contributed by atoms with Crippen molar-refractivity contribution in [2.45, 2.75) is 18.9 Å². The molecule has 1 aromatic carbocycles. The molecule has 1 aromatic rings. The number of allylic oxidation sites excluding steroid dienone is 1. The topological polar surface area (TPSA) is 110 Å². The van der Waals surface area contributed by atoms with Gasteiger partial charge < -0.3 is 5.32 Å². The first kappa shape index (κ1) is 15.5. The molecule has 1 N–H and O–H groups in total. The monoisotopic (exact) mass is 341 g/mol. The van der Waals surface area contributed by atoms with Crippen LogP contribution in [0.15, 0.2) is 30.4 Å². The van der Waals surface area contributed by atoms with Gasteiger partial charge in [0.05, 0.1) is 16.1 Å². The summed E-state index contributed by atoms with van der Waals surface area (Å²) in [7, 11) is 0. The largest absolute Gasteiger partial charge is 0.351 e. The van der Waals surface area contributed by atoms with Crippen molar-refractivity contribution in [3.63, 3.8) is 0 Å². The highest BCUT2D eigenvalue weighted by Gasteiger charge is 2.40. The van der Waals surface area contributed by atoms with E-state index >= 15 is 0 Å². The third-order valence-electron chi connectivity index (χ3n) is 5.09. The van der Waals surface area contributed by atoms with E-state index in [1.54, 1.807) is 0 Å². The number of carbonyl (C=O) groups excluding carboxylic acids is 3. The van der Waals surface area contributed by atoms with Crippen LogP contribution in [0.3, 0.4) is 0 Å². The molecule has 1 fully saturated rings. The number of nitro groups is 1. The van der Waals surface area contributed by atoms with E-state index in [0.29, 0.717) is 11.8 Å². The molecule has 3 atom stereocenters. The molecule has 3 amide bonds. The second-order valence-electron chi connectivity index (χ2n) is 6.64. The molecule has 3 unspecified atom stereocenters. The number of non-ortho nitro benzene ring substituents is 1. The molecule has 1 heterocycles. The van der Waals surface area contributed by atoms with Gasteiger partial charge in [-0.3, -0.25) is 29.4 Å². The van der Waals surface area contributed by atoms with Crippen LogP contribution in [0.1, 0.15) is 33.6 Å². The van der Waals surface area contributed by atoms with Crippen LogP contribution in [0.5, 0.6) is 0 Å². The maximum absolute atomic E-state index is 12.4. The Kier molecular flexibility index (Phi) is 3.41.